The molecule has 0 aliphatic rings. The van der Waals surface area contributed by atoms with E-state index in [4.69, 9.17) is 21.8 Å². The van der Waals surface area contributed by atoms with Crippen LogP contribution in [-0.4, -0.2) is 27.4 Å². The molecule has 3 N–H and O–H groups in total. The van der Waals surface area contributed by atoms with Crippen LogP contribution in [0, 0.1) is 12.5 Å². The largest absolute Gasteiger partial charge is 0.410 e. The molecule has 0 aliphatic carbocycles. The lowest BCUT2D eigenvalue weighted by Crippen LogP contribution is -2.25. The molecule has 0 saturated heterocycles. The molecule has 0 amide bonds. The summed E-state index contributed by atoms with van der Waals surface area (Å²) in [7, 11) is -3.91. The Hall–Kier alpha value is -1.81. The topological polar surface area (TPSA) is 117 Å². The van der Waals surface area contributed by atoms with Crippen LogP contribution in [0.2, 0.25) is 0 Å². The van der Waals surface area contributed by atoms with Crippen molar-refractivity contribution < 1.29 is 18.7 Å². The molecule has 8 nitrogen and oxygen atoms in total. The first kappa shape index (κ1) is 14.3. The number of aromatic nitrogens is 2. The number of nitrogens with two attached hydrogens (primary N) is 1. The van der Waals surface area contributed by atoms with E-state index in [1.807, 2.05) is 0 Å². The summed E-state index contributed by atoms with van der Waals surface area (Å²) in [6.07, 6.45) is 7.23. The van der Waals surface area contributed by atoms with Gasteiger partial charge in [-0.25, -0.2) is 9.36 Å². The standard InChI is InChI=1S/C9H12N3O5P/c1-2-17-18(14,15)7-16-6-5-12-4-3-8(10)11-9(12)13/h1,3-4H,5-7H2,(H,14,15)(H2,10,11,13). The Morgan fingerprint density at radius 3 is 3.00 bits per heavy atom. The third-order valence-electron chi connectivity index (χ3n) is 1.82. The molecule has 0 bridgehead atoms. The summed E-state index contributed by atoms with van der Waals surface area (Å²) in [6.45, 7) is 0.201. The highest BCUT2D eigenvalue weighted by atomic mass is 31.2. The number of anilines is 1. The van der Waals surface area contributed by atoms with Crippen molar-refractivity contribution in [2.45, 2.75) is 6.54 Å². The molecule has 1 aromatic rings. The highest BCUT2D eigenvalue weighted by molar-refractivity contribution is 7.52. The number of hydrogen-bond acceptors (Lipinski definition) is 6. The molecule has 1 atom stereocenters. The highest BCUT2D eigenvalue weighted by Crippen LogP contribution is 2.40. The fraction of sp³-hybridized carbons (Fsp3) is 0.333. The van der Waals surface area contributed by atoms with Crippen molar-refractivity contribution >= 4 is 13.4 Å². The van der Waals surface area contributed by atoms with E-state index < -0.39 is 19.6 Å². The van der Waals surface area contributed by atoms with Crippen molar-refractivity contribution in [1.82, 2.24) is 9.55 Å². The molecule has 0 aromatic carbocycles. The first-order valence-electron chi connectivity index (χ1n) is 4.81. The molecule has 1 unspecified atom stereocenters. The number of nitrogens with zero attached hydrogens (tertiary/aromatic N) is 2. The lowest BCUT2D eigenvalue weighted by molar-refractivity contribution is 0.147. The zero-order valence-corrected chi connectivity index (χ0v) is 10.2. The lowest BCUT2D eigenvalue weighted by atomic mass is 10.5. The van der Waals surface area contributed by atoms with Gasteiger partial charge >= 0.3 is 13.3 Å². The molecule has 1 aromatic heterocycles. The molecule has 9 heteroatoms. The summed E-state index contributed by atoms with van der Waals surface area (Å²) in [6, 6.07) is 1.46. The van der Waals surface area contributed by atoms with Crippen molar-refractivity contribution in [3.8, 4) is 12.5 Å². The molecule has 0 aliphatic heterocycles. The van der Waals surface area contributed by atoms with Gasteiger partial charge in [-0.3, -0.25) is 4.57 Å². The van der Waals surface area contributed by atoms with Crippen LogP contribution in [0.15, 0.2) is 17.1 Å². The van der Waals surface area contributed by atoms with Crippen molar-refractivity contribution in [1.29, 1.82) is 0 Å². The first-order chi connectivity index (χ1) is 8.44. The van der Waals surface area contributed by atoms with Gasteiger partial charge in [0.2, 0.25) is 0 Å². The Kier molecular flexibility index (Phi) is 4.92. The van der Waals surface area contributed by atoms with Gasteiger partial charge in [0.15, 0.2) is 6.35 Å². The predicted molar refractivity (Wildman–Crippen MR) is 63.5 cm³/mol. The van der Waals surface area contributed by atoms with Crippen LogP contribution >= 0.6 is 7.60 Å². The van der Waals surface area contributed by atoms with Crippen LogP contribution in [-0.2, 0) is 20.4 Å². The maximum Gasteiger partial charge on any atom is 0.410 e. The number of hydrogen-bond donors (Lipinski definition) is 2. The molecule has 18 heavy (non-hydrogen) atoms. The van der Waals surface area contributed by atoms with Gasteiger partial charge in [-0.15, -0.1) is 0 Å². The predicted octanol–water partition coefficient (Wildman–Crippen LogP) is -0.408. The van der Waals surface area contributed by atoms with Crippen molar-refractivity contribution in [3.05, 3.63) is 22.7 Å². The lowest BCUT2D eigenvalue weighted by Gasteiger charge is -2.09. The summed E-state index contributed by atoms with van der Waals surface area (Å²) < 4.78 is 21.4. The fourth-order valence-electron chi connectivity index (χ4n) is 1.06. The van der Waals surface area contributed by atoms with Gasteiger partial charge in [-0.05, 0) is 6.07 Å². The van der Waals surface area contributed by atoms with Gasteiger partial charge in [0.25, 0.3) is 0 Å². The van der Waals surface area contributed by atoms with Crippen molar-refractivity contribution in [3.63, 3.8) is 0 Å². The number of ether oxygens (including phenoxy) is 1. The smallest absolute Gasteiger partial charge is 0.383 e. The minimum absolute atomic E-state index is 0.0317. The Morgan fingerprint density at radius 2 is 2.39 bits per heavy atom. The second-order valence-electron chi connectivity index (χ2n) is 3.21. The van der Waals surface area contributed by atoms with E-state index in [1.165, 1.54) is 16.8 Å². The Bertz CT molecular complexity index is 550. The maximum atomic E-state index is 11.3. The van der Waals surface area contributed by atoms with E-state index in [-0.39, 0.29) is 19.0 Å². The molecule has 1 heterocycles. The second-order valence-corrected chi connectivity index (χ2v) is 4.93. The highest BCUT2D eigenvalue weighted by Gasteiger charge is 2.19. The Balaban J connectivity index is 2.41. The third kappa shape index (κ3) is 4.59. The summed E-state index contributed by atoms with van der Waals surface area (Å²) in [5.41, 5.74) is 4.79. The van der Waals surface area contributed by atoms with Crippen molar-refractivity contribution in [2.24, 2.45) is 0 Å². The molecule has 0 fully saturated rings. The van der Waals surface area contributed by atoms with E-state index in [9.17, 15) is 9.36 Å². The van der Waals surface area contributed by atoms with Gasteiger partial charge in [0.05, 0.1) is 13.2 Å². The average Bonchev–Trinajstić information content (AvgIpc) is 2.26. The van der Waals surface area contributed by atoms with Crippen LogP contribution in [0.1, 0.15) is 0 Å². The van der Waals surface area contributed by atoms with Crippen LogP contribution < -0.4 is 11.4 Å². The van der Waals surface area contributed by atoms with E-state index in [0.717, 1.165) is 0 Å². The number of rotatable bonds is 6. The van der Waals surface area contributed by atoms with E-state index >= 15 is 0 Å². The van der Waals surface area contributed by atoms with E-state index in [0.29, 0.717) is 0 Å². The van der Waals surface area contributed by atoms with E-state index in [2.05, 4.69) is 9.51 Å². The SMILES string of the molecule is C#COP(=O)(O)COCCn1ccc(N)nc1=O. The average molecular weight is 273 g/mol. The van der Waals surface area contributed by atoms with Gasteiger partial charge in [0, 0.05) is 6.20 Å². The van der Waals surface area contributed by atoms with Gasteiger partial charge in [0.1, 0.15) is 11.9 Å². The zero-order valence-electron chi connectivity index (χ0n) is 9.35. The first-order valence-corrected chi connectivity index (χ1v) is 6.57. The normalized spacial score (nSPS) is 13.6. The summed E-state index contributed by atoms with van der Waals surface area (Å²) in [5, 5.41) is 0. The Morgan fingerprint density at radius 1 is 1.67 bits per heavy atom. The van der Waals surface area contributed by atoms with E-state index in [1.54, 1.807) is 6.11 Å². The zero-order chi connectivity index (χ0) is 13.6. The minimum atomic E-state index is -3.91. The number of terminal acetylenes is 1. The Labute approximate surface area is 103 Å². The van der Waals surface area contributed by atoms with Crippen LogP contribution in [0.5, 0.6) is 0 Å². The van der Waals surface area contributed by atoms with Crippen LogP contribution in [0.3, 0.4) is 0 Å². The van der Waals surface area contributed by atoms with Crippen LogP contribution in [0.25, 0.3) is 0 Å². The summed E-state index contributed by atoms with van der Waals surface area (Å²) >= 11 is 0. The second kappa shape index (κ2) is 6.21. The molecular formula is C9H12N3O5P. The molecule has 1 rings (SSSR count). The number of nitrogen functional groups attached to an aromatic ring is 1. The van der Waals surface area contributed by atoms with Gasteiger partial charge in [-0.1, -0.05) is 6.42 Å². The molecular weight excluding hydrogens is 261 g/mol. The summed E-state index contributed by atoms with van der Waals surface area (Å²) in [5.74, 6) is 0.124. The minimum Gasteiger partial charge on any atom is -0.383 e. The van der Waals surface area contributed by atoms with Crippen molar-refractivity contribution in [2.75, 3.05) is 18.7 Å². The molecule has 0 spiro atoms. The van der Waals surface area contributed by atoms with Gasteiger partial charge in [-0.2, -0.15) is 4.98 Å². The monoisotopic (exact) mass is 273 g/mol. The molecule has 98 valence electrons. The van der Waals surface area contributed by atoms with Gasteiger partial charge < -0.3 is 19.9 Å². The molecule has 0 radical (unpaired) electrons. The summed E-state index contributed by atoms with van der Waals surface area (Å²) in [4.78, 5) is 23.9. The fourth-order valence-corrected chi connectivity index (χ4v) is 1.64. The molecule has 0 saturated carbocycles. The maximum absolute atomic E-state index is 11.3. The quantitative estimate of drug-likeness (QED) is 0.411. The van der Waals surface area contributed by atoms with Crippen LogP contribution in [0.4, 0.5) is 5.82 Å². The third-order valence-corrected chi connectivity index (χ3v) is 2.72.